The summed E-state index contributed by atoms with van der Waals surface area (Å²) < 4.78 is 6.38. The lowest BCUT2D eigenvalue weighted by atomic mass is 9.77. The van der Waals surface area contributed by atoms with Crippen LogP contribution in [0.2, 0.25) is 0 Å². The average Bonchev–Trinajstić information content (AvgIpc) is 2.75. The van der Waals surface area contributed by atoms with Crippen LogP contribution in [0.5, 0.6) is 5.75 Å². The van der Waals surface area contributed by atoms with Gasteiger partial charge in [-0.2, -0.15) is 0 Å². The summed E-state index contributed by atoms with van der Waals surface area (Å²) in [7, 11) is 0. The molecular formula is C16H23NO. The number of aryl methyl sites for hydroxylation is 1. The van der Waals surface area contributed by atoms with Crippen LogP contribution in [0.4, 0.5) is 0 Å². The van der Waals surface area contributed by atoms with Crippen molar-refractivity contribution in [1.82, 2.24) is 0 Å². The van der Waals surface area contributed by atoms with E-state index >= 15 is 0 Å². The van der Waals surface area contributed by atoms with Crippen molar-refractivity contribution in [2.75, 3.05) is 0 Å². The van der Waals surface area contributed by atoms with Crippen LogP contribution < -0.4 is 10.5 Å². The van der Waals surface area contributed by atoms with Crippen LogP contribution in [0, 0.1) is 0 Å². The Kier molecular flexibility index (Phi) is 2.67. The maximum Gasteiger partial charge on any atom is 0.125 e. The zero-order chi connectivity index (χ0) is 12.8. The van der Waals surface area contributed by atoms with E-state index in [0.29, 0.717) is 0 Å². The summed E-state index contributed by atoms with van der Waals surface area (Å²) in [5.74, 6) is 1.03. The van der Waals surface area contributed by atoms with Crippen molar-refractivity contribution in [1.29, 1.82) is 0 Å². The van der Waals surface area contributed by atoms with E-state index < -0.39 is 0 Å². The molecule has 3 rings (SSSR count). The van der Waals surface area contributed by atoms with Gasteiger partial charge in [-0.25, -0.2) is 0 Å². The van der Waals surface area contributed by atoms with E-state index in [1.807, 2.05) is 0 Å². The molecule has 0 radical (unpaired) electrons. The predicted octanol–water partition coefficient (Wildman–Crippen LogP) is 3.52. The molecule has 1 aliphatic heterocycles. The molecule has 98 valence electrons. The molecule has 2 aliphatic rings. The Balaban J connectivity index is 2.05. The third kappa shape index (κ3) is 1.83. The lowest BCUT2D eigenvalue weighted by Gasteiger charge is -2.44. The van der Waals surface area contributed by atoms with E-state index in [0.717, 1.165) is 31.4 Å². The van der Waals surface area contributed by atoms with Crippen molar-refractivity contribution in [3.05, 3.63) is 29.3 Å². The van der Waals surface area contributed by atoms with Crippen molar-refractivity contribution in [3.8, 4) is 5.75 Å². The molecule has 18 heavy (non-hydrogen) atoms. The molecule has 2 nitrogen and oxygen atoms in total. The lowest BCUT2D eigenvalue weighted by Crippen LogP contribution is -2.49. The molecule has 1 aromatic carbocycles. The van der Waals surface area contributed by atoms with Gasteiger partial charge < -0.3 is 10.5 Å². The molecule has 1 aliphatic carbocycles. The van der Waals surface area contributed by atoms with E-state index in [-0.39, 0.29) is 11.1 Å². The highest BCUT2D eigenvalue weighted by atomic mass is 16.5. The number of fused-ring (bicyclic) bond motifs is 1. The molecule has 1 atom stereocenters. The summed E-state index contributed by atoms with van der Waals surface area (Å²) in [5.41, 5.74) is 8.84. The summed E-state index contributed by atoms with van der Waals surface area (Å²) >= 11 is 0. The minimum atomic E-state index is -0.246. The zero-order valence-electron chi connectivity index (χ0n) is 11.5. The first-order valence-corrected chi connectivity index (χ1v) is 7.16. The predicted molar refractivity (Wildman–Crippen MR) is 73.8 cm³/mol. The summed E-state index contributed by atoms with van der Waals surface area (Å²) in [6.45, 7) is 4.33. The van der Waals surface area contributed by atoms with Crippen molar-refractivity contribution >= 4 is 0 Å². The third-order valence-corrected chi connectivity index (χ3v) is 4.60. The summed E-state index contributed by atoms with van der Waals surface area (Å²) in [6.07, 6.45) is 6.88. The number of rotatable bonds is 1. The van der Waals surface area contributed by atoms with Gasteiger partial charge in [0.1, 0.15) is 11.4 Å². The third-order valence-electron chi connectivity index (χ3n) is 4.60. The molecule has 1 spiro atoms. The van der Waals surface area contributed by atoms with Gasteiger partial charge in [-0.15, -0.1) is 0 Å². The highest BCUT2D eigenvalue weighted by Crippen LogP contribution is 2.48. The maximum atomic E-state index is 6.56. The quantitative estimate of drug-likeness (QED) is 0.821. The molecule has 1 saturated carbocycles. The smallest absolute Gasteiger partial charge is 0.125 e. The second-order valence-corrected chi connectivity index (χ2v) is 6.27. The molecule has 2 N–H and O–H groups in total. The van der Waals surface area contributed by atoms with Crippen LogP contribution in [0.1, 0.15) is 57.1 Å². The SMILES string of the molecule is CCc1ccc2c(c1)OC1(CCCC1)CC2(C)N. The van der Waals surface area contributed by atoms with Crippen LogP contribution in [0.25, 0.3) is 0 Å². The molecule has 0 bridgehead atoms. The molecule has 1 fully saturated rings. The molecule has 0 saturated heterocycles. The molecule has 1 heterocycles. The van der Waals surface area contributed by atoms with Gasteiger partial charge >= 0.3 is 0 Å². The van der Waals surface area contributed by atoms with E-state index in [2.05, 4.69) is 32.0 Å². The molecule has 0 aromatic heterocycles. The van der Waals surface area contributed by atoms with Gasteiger partial charge in [0.05, 0.1) is 0 Å². The zero-order valence-corrected chi connectivity index (χ0v) is 11.5. The van der Waals surface area contributed by atoms with Crippen LogP contribution in [0.3, 0.4) is 0 Å². The lowest BCUT2D eigenvalue weighted by molar-refractivity contribution is 0.0223. The summed E-state index contributed by atoms with van der Waals surface area (Å²) in [6, 6.07) is 6.54. The highest BCUT2D eigenvalue weighted by Gasteiger charge is 2.46. The first kappa shape index (κ1) is 12.0. The number of hydrogen-bond donors (Lipinski definition) is 1. The molecular weight excluding hydrogens is 222 g/mol. The van der Waals surface area contributed by atoms with Gasteiger partial charge in [0.2, 0.25) is 0 Å². The fourth-order valence-corrected chi connectivity index (χ4v) is 3.67. The van der Waals surface area contributed by atoms with Gasteiger partial charge in [0, 0.05) is 17.5 Å². The Hall–Kier alpha value is -1.02. The highest BCUT2D eigenvalue weighted by molar-refractivity contribution is 5.44. The van der Waals surface area contributed by atoms with Gasteiger partial charge in [-0.1, -0.05) is 19.1 Å². The van der Waals surface area contributed by atoms with E-state index in [9.17, 15) is 0 Å². The Morgan fingerprint density at radius 3 is 2.67 bits per heavy atom. The Labute approximate surface area is 110 Å². The maximum absolute atomic E-state index is 6.56. The molecule has 1 unspecified atom stereocenters. The van der Waals surface area contributed by atoms with Gasteiger partial charge in [0.15, 0.2) is 0 Å². The van der Waals surface area contributed by atoms with Crippen molar-refractivity contribution in [2.24, 2.45) is 5.73 Å². The van der Waals surface area contributed by atoms with Crippen LogP contribution in [-0.2, 0) is 12.0 Å². The number of hydrogen-bond acceptors (Lipinski definition) is 2. The topological polar surface area (TPSA) is 35.2 Å². The largest absolute Gasteiger partial charge is 0.487 e. The molecule has 2 heteroatoms. The van der Waals surface area contributed by atoms with Gasteiger partial charge in [0.25, 0.3) is 0 Å². The van der Waals surface area contributed by atoms with Crippen LogP contribution in [-0.4, -0.2) is 5.60 Å². The first-order chi connectivity index (χ1) is 8.55. The van der Waals surface area contributed by atoms with E-state index in [1.54, 1.807) is 0 Å². The fraction of sp³-hybridized carbons (Fsp3) is 0.625. The Bertz CT molecular complexity index is 458. The van der Waals surface area contributed by atoms with Gasteiger partial charge in [-0.05, 0) is 50.7 Å². The number of benzene rings is 1. The monoisotopic (exact) mass is 245 g/mol. The van der Waals surface area contributed by atoms with Crippen molar-refractivity contribution in [3.63, 3.8) is 0 Å². The normalized spacial score (nSPS) is 29.1. The minimum Gasteiger partial charge on any atom is -0.487 e. The number of nitrogens with two attached hydrogens (primary N) is 1. The van der Waals surface area contributed by atoms with Gasteiger partial charge in [-0.3, -0.25) is 0 Å². The van der Waals surface area contributed by atoms with E-state index in [1.165, 1.54) is 24.0 Å². The Morgan fingerprint density at radius 2 is 2.00 bits per heavy atom. The second kappa shape index (κ2) is 3.99. The Morgan fingerprint density at radius 1 is 1.28 bits per heavy atom. The van der Waals surface area contributed by atoms with Crippen molar-refractivity contribution < 1.29 is 4.74 Å². The number of ether oxygens (including phenoxy) is 1. The molecule has 1 aromatic rings. The van der Waals surface area contributed by atoms with Crippen LogP contribution in [0.15, 0.2) is 18.2 Å². The summed E-state index contributed by atoms with van der Waals surface area (Å²) in [4.78, 5) is 0. The fourth-order valence-electron chi connectivity index (χ4n) is 3.67. The average molecular weight is 245 g/mol. The van der Waals surface area contributed by atoms with E-state index in [4.69, 9.17) is 10.5 Å². The standard InChI is InChI=1S/C16H23NO/c1-3-12-6-7-13-14(10-12)18-16(8-4-5-9-16)11-15(13,2)17/h6-7,10H,3-5,8-9,11,17H2,1-2H3. The molecule has 0 amide bonds. The van der Waals surface area contributed by atoms with Crippen LogP contribution >= 0.6 is 0 Å². The van der Waals surface area contributed by atoms with Crippen molar-refractivity contribution in [2.45, 2.75) is 63.5 Å². The first-order valence-electron chi connectivity index (χ1n) is 7.16. The summed E-state index contributed by atoms with van der Waals surface area (Å²) in [5, 5.41) is 0. The second-order valence-electron chi connectivity index (χ2n) is 6.27. The minimum absolute atomic E-state index is 0.0167.